The Morgan fingerprint density at radius 3 is 2.52 bits per heavy atom. The number of anilines is 1. The first-order valence-corrected chi connectivity index (χ1v) is 6.85. The zero-order valence-corrected chi connectivity index (χ0v) is 12.3. The third-order valence-corrected chi connectivity index (χ3v) is 3.22. The Kier molecular flexibility index (Phi) is 4.03. The first-order chi connectivity index (χ1) is 11.0. The van der Waals surface area contributed by atoms with Gasteiger partial charge in [-0.1, -0.05) is 11.6 Å². The van der Waals surface area contributed by atoms with Gasteiger partial charge in [-0.05, 0) is 36.4 Å². The molecule has 0 bridgehead atoms. The first kappa shape index (κ1) is 15.1. The van der Waals surface area contributed by atoms with Gasteiger partial charge in [-0.15, -0.1) is 5.10 Å². The highest BCUT2D eigenvalue weighted by atomic mass is 35.5. The molecule has 0 aliphatic carbocycles. The standard InChI is InChI=1S/C15H9ClF2N4O/c16-9-1-4-11(5-2-9)22-8-19-14(21-22)15(23)20-10-3-6-12(17)13(18)7-10/h1-8H,(H,20,23). The van der Waals surface area contributed by atoms with Crippen LogP contribution in [0.1, 0.15) is 10.6 Å². The molecule has 1 amide bonds. The topological polar surface area (TPSA) is 59.8 Å². The highest BCUT2D eigenvalue weighted by Crippen LogP contribution is 2.15. The molecular formula is C15H9ClF2N4O. The molecule has 0 fully saturated rings. The lowest BCUT2D eigenvalue weighted by atomic mass is 10.3. The van der Waals surface area contributed by atoms with Crippen LogP contribution in [0, 0.1) is 11.6 Å². The Bertz CT molecular complexity index is 864. The normalized spacial score (nSPS) is 10.6. The summed E-state index contributed by atoms with van der Waals surface area (Å²) in [4.78, 5) is 15.9. The minimum absolute atomic E-state index is 0.107. The summed E-state index contributed by atoms with van der Waals surface area (Å²) in [6.07, 6.45) is 1.36. The average molecular weight is 335 g/mol. The number of amides is 1. The molecule has 5 nitrogen and oxygen atoms in total. The van der Waals surface area contributed by atoms with Crippen molar-refractivity contribution in [2.75, 3.05) is 5.32 Å². The molecule has 0 saturated carbocycles. The predicted octanol–water partition coefficient (Wildman–Crippen LogP) is 3.45. The molecular weight excluding hydrogens is 326 g/mol. The van der Waals surface area contributed by atoms with Gasteiger partial charge in [-0.3, -0.25) is 4.79 Å². The Morgan fingerprint density at radius 2 is 1.83 bits per heavy atom. The van der Waals surface area contributed by atoms with Crippen LogP contribution < -0.4 is 5.32 Å². The maximum Gasteiger partial charge on any atom is 0.295 e. The van der Waals surface area contributed by atoms with Gasteiger partial charge in [0.05, 0.1) is 5.69 Å². The number of hydrogen-bond acceptors (Lipinski definition) is 3. The van der Waals surface area contributed by atoms with E-state index in [9.17, 15) is 13.6 Å². The summed E-state index contributed by atoms with van der Waals surface area (Å²) < 4.78 is 27.4. The molecule has 23 heavy (non-hydrogen) atoms. The molecule has 8 heteroatoms. The summed E-state index contributed by atoms with van der Waals surface area (Å²) in [6.45, 7) is 0. The Hall–Kier alpha value is -2.80. The number of carbonyl (C=O) groups is 1. The lowest BCUT2D eigenvalue weighted by molar-refractivity contribution is 0.101. The SMILES string of the molecule is O=C(Nc1ccc(F)c(F)c1)c1ncn(-c2ccc(Cl)cc2)n1. The van der Waals surface area contributed by atoms with E-state index in [0.29, 0.717) is 10.7 Å². The van der Waals surface area contributed by atoms with Crippen molar-refractivity contribution in [1.29, 1.82) is 0 Å². The molecule has 0 atom stereocenters. The highest BCUT2D eigenvalue weighted by Gasteiger charge is 2.13. The largest absolute Gasteiger partial charge is 0.319 e. The quantitative estimate of drug-likeness (QED) is 0.798. The third kappa shape index (κ3) is 3.35. The second-order valence-electron chi connectivity index (χ2n) is 4.57. The van der Waals surface area contributed by atoms with Gasteiger partial charge in [-0.2, -0.15) is 0 Å². The molecule has 1 heterocycles. The second kappa shape index (κ2) is 6.13. The molecule has 0 unspecified atom stereocenters. The van der Waals surface area contributed by atoms with E-state index in [1.165, 1.54) is 17.1 Å². The van der Waals surface area contributed by atoms with Crippen molar-refractivity contribution < 1.29 is 13.6 Å². The minimum Gasteiger partial charge on any atom is -0.319 e. The zero-order chi connectivity index (χ0) is 16.4. The zero-order valence-electron chi connectivity index (χ0n) is 11.5. The number of benzene rings is 2. The van der Waals surface area contributed by atoms with Crippen molar-refractivity contribution in [3.63, 3.8) is 0 Å². The Labute approximate surface area is 134 Å². The van der Waals surface area contributed by atoms with Gasteiger partial charge < -0.3 is 5.32 Å². The molecule has 0 spiro atoms. The summed E-state index contributed by atoms with van der Waals surface area (Å²) in [5, 5.41) is 7.00. The van der Waals surface area contributed by atoms with E-state index in [-0.39, 0.29) is 11.5 Å². The van der Waals surface area contributed by atoms with Crippen LogP contribution >= 0.6 is 11.6 Å². The maximum atomic E-state index is 13.1. The van der Waals surface area contributed by atoms with E-state index < -0.39 is 17.5 Å². The van der Waals surface area contributed by atoms with E-state index in [4.69, 9.17) is 11.6 Å². The van der Waals surface area contributed by atoms with Crippen LogP contribution in [0.2, 0.25) is 5.02 Å². The van der Waals surface area contributed by atoms with Crippen LogP contribution in [0.25, 0.3) is 5.69 Å². The lowest BCUT2D eigenvalue weighted by Gasteiger charge is -2.03. The molecule has 0 radical (unpaired) electrons. The summed E-state index contributed by atoms with van der Waals surface area (Å²) in [5.41, 5.74) is 0.783. The van der Waals surface area contributed by atoms with Crippen molar-refractivity contribution in [3.8, 4) is 5.69 Å². The summed E-state index contributed by atoms with van der Waals surface area (Å²) in [7, 11) is 0. The smallest absolute Gasteiger partial charge is 0.295 e. The molecule has 0 aliphatic rings. The van der Waals surface area contributed by atoms with Gasteiger partial charge in [0.25, 0.3) is 5.91 Å². The van der Waals surface area contributed by atoms with Crippen LogP contribution in [0.4, 0.5) is 14.5 Å². The Morgan fingerprint density at radius 1 is 1.09 bits per heavy atom. The fourth-order valence-corrected chi connectivity index (χ4v) is 1.97. The van der Waals surface area contributed by atoms with E-state index >= 15 is 0 Å². The van der Waals surface area contributed by atoms with E-state index in [0.717, 1.165) is 12.1 Å². The number of carbonyl (C=O) groups excluding carboxylic acids is 1. The molecule has 3 aromatic rings. The van der Waals surface area contributed by atoms with Gasteiger partial charge in [0.2, 0.25) is 5.82 Å². The maximum absolute atomic E-state index is 13.1. The molecule has 0 saturated heterocycles. The van der Waals surface area contributed by atoms with Crippen LogP contribution in [0.3, 0.4) is 0 Å². The fraction of sp³-hybridized carbons (Fsp3) is 0. The lowest BCUT2D eigenvalue weighted by Crippen LogP contribution is -2.14. The van der Waals surface area contributed by atoms with Crippen molar-refractivity contribution in [3.05, 3.63) is 71.3 Å². The third-order valence-electron chi connectivity index (χ3n) is 2.96. The number of nitrogens with one attached hydrogen (secondary N) is 1. The molecule has 0 aliphatic heterocycles. The Balaban J connectivity index is 1.78. The molecule has 2 aromatic carbocycles. The first-order valence-electron chi connectivity index (χ1n) is 6.47. The van der Waals surface area contributed by atoms with Gasteiger partial charge in [0.1, 0.15) is 6.33 Å². The molecule has 3 rings (SSSR count). The predicted molar refractivity (Wildman–Crippen MR) is 80.7 cm³/mol. The molecule has 116 valence electrons. The average Bonchev–Trinajstić information content (AvgIpc) is 3.02. The highest BCUT2D eigenvalue weighted by molar-refractivity contribution is 6.30. The van der Waals surface area contributed by atoms with Crippen molar-refractivity contribution >= 4 is 23.2 Å². The summed E-state index contributed by atoms with van der Waals surface area (Å²) in [6, 6.07) is 9.84. The number of halogens is 3. The van der Waals surface area contributed by atoms with Gasteiger partial charge in [0, 0.05) is 16.8 Å². The van der Waals surface area contributed by atoms with Crippen LogP contribution in [-0.4, -0.2) is 20.7 Å². The number of rotatable bonds is 3. The van der Waals surface area contributed by atoms with Crippen LogP contribution in [0.5, 0.6) is 0 Å². The van der Waals surface area contributed by atoms with Gasteiger partial charge in [-0.25, -0.2) is 18.4 Å². The van der Waals surface area contributed by atoms with Gasteiger partial charge in [0.15, 0.2) is 11.6 Å². The second-order valence-corrected chi connectivity index (χ2v) is 5.01. The molecule has 1 aromatic heterocycles. The summed E-state index contributed by atoms with van der Waals surface area (Å²) >= 11 is 5.80. The van der Waals surface area contributed by atoms with E-state index in [1.807, 2.05) is 0 Å². The van der Waals surface area contributed by atoms with Crippen LogP contribution in [0.15, 0.2) is 48.8 Å². The summed E-state index contributed by atoms with van der Waals surface area (Å²) in [5.74, 6) is -2.79. The van der Waals surface area contributed by atoms with Crippen molar-refractivity contribution in [2.24, 2.45) is 0 Å². The number of nitrogens with zero attached hydrogens (tertiary/aromatic N) is 3. The van der Waals surface area contributed by atoms with Crippen LogP contribution in [-0.2, 0) is 0 Å². The van der Waals surface area contributed by atoms with E-state index in [2.05, 4.69) is 15.4 Å². The van der Waals surface area contributed by atoms with Crippen molar-refractivity contribution in [2.45, 2.75) is 0 Å². The van der Waals surface area contributed by atoms with Crippen molar-refractivity contribution in [1.82, 2.24) is 14.8 Å². The molecule has 1 N–H and O–H groups in total. The minimum atomic E-state index is -1.05. The monoisotopic (exact) mass is 334 g/mol. The number of hydrogen-bond donors (Lipinski definition) is 1. The van der Waals surface area contributed by atoms with Gasteiger partial charge >= 0.3 is 0 Å². The fourth-order valence-electron chi connectivity index (χ4n) is 1.85. The van der Waals surface area contributed by atoms with E-state index in [1.54, 1.807) is 24.3 Å². The number of aromatic nitrogens is 3.